The highest BCUT2D eigenvalue weighted by molar-refractivity contribution is 5.33. The van der Waals surface area contributed by atoms with Gasteiger partial charge in [-0.2, -0.15) is 0 Å². The van der Waals surface area contributed by atoms with Crippen molar-refractivity contribution in [2.45, 2.75) is 37.1 Å². The van der Waals surface area contributed by atoms with Crippen molar-refractivity contribution in [3.63, 3.8) is 0 Å². The van der Waals surface area contributed by atoms with Crippen molar-refractivity contribution < 1.29 is 0 Å². The molecule has 1 aliphatic carbocycles. The molecule has 0 radical (unpaired) electrons. The number of hydrogen-bond acceptors (Lipinski definition) is 2. The van der Waals surface area contributed by atoms with Crippen LogP contribution in [0.5, 0.6) is 0 Å². The molecule has 1 aromatic carbocycles. The number of benzene rings is 1. The molecule has 1 aliphatic heterocycles. The Bertz CT molecular complexity index is 359. The zero-order chi connectivity index (χ0) is 11.0. The zero-order valence-corrected chi connectivity index (χ0v) is 9.71. The zero-order valence-electron chi connectivity index (χ0n) is 9.71. The van der Waals surface area contributed by atoms with Gasteiger partial charge in [0.2, 0.25) is 0 Å². The van der Waals surface area contributed by atoms with E-state index in [9.17, 15) is 0 Å². The van der Waals surface area contributed by atoms with E-state index in [1.165, 1.54) is 30.5 Å². The van der Waals surface area contributed by atoms with Gasteiger partial charge in [-0.3, -0.25) is 0 Å². The van der Waals surface area contributed by atoms with Crippen molar-refractivity contribution in [2.75, 3.05) is 13.1 Å². The van der Waals surface area contributed by atoms with Crippen molar-refractivity contribution >= 4 is 0 Å². The smallest absolute Gasteiger partial charge is 0.0411 e. The molecule has 1 aromatic rings. The van der Waals surface area contributed by atoms with Crippen LogP contribution in [0.15, 0.2) is 24.3 Å². The molecule has 2 fully saturated rings. The lowest BCUT2D eigenvalue weighted by molar-refractivity contribution is 0.461. The van der Waals surface area contributed by atoms with Crippen LogP contribution < -0.4 is 11.1 Å². The Morgan fingerprint density at radius 1 is 1.19 bits per heavy atom. The van der Waals surface area contributed by atoms with Crippen LogP contribution in [0.25, 0.3) is 0 Å². The van der Waals surface area contributed by atoms with E-state index in [-0.39, 0.29) is 5.54 Å². The summed E-state index contributed by atoms with van der Waals surface area (Å²) in [5, 5.41) is 3.47. The van der Waals surface area contributed by atoms with Crippen molar-refractivity contribution in [2.24, 2.45) is 5.73 Å². The normalized spacial score (nSPS) is 27.7. The molecule has 2 heteroatoms. The first kappa shape index (κ1) is 10.3. The highest BCUT2D eigenvalue weighted by atomic mass is 14.9. The van der Waals surface area contributed by atoms with Crippen LogP contribution in [-0.4, -0.2) is 13.1 Å². The summed E-state index contributed by atoms with van der Waals surface area (Å²) in [7, 11) is 0. The van der Waals surface area contributed by atoms with Gasteiger partial charge in [0.15, 0.2) is 0 Å². The van der Waals surface area contributed by atoms with Gasteiger partial charge < -0.3 is 11.1 Å². The number of hydrogen-bond donors (Lipinski definition) is 2. The molecule has 3 rings (SSSR count). The molecule has 16 heavy (non-hydrogen) atoms. The number of nitrogens with one attached hydrogen (secondary N) is 1. The first-order chi connectivity index (χ1) is 7.78. The second-order valence-electron chi connectivity index (χ2n) is 5.32. The standard InChI is InChI=1S/C14H20N2/c15-14(7-8-14)13-5-3-11(4-6-13)12-2-1-9-16-10-12/h3-6,12,16H,1-2,7-10,15H2. The van der Waals surface area contributed by atoms with Crippen LogP contribution in [0.4, 0.5) is 0 Å². The summed E-state index contributed by atoms with van der Waals surface area (Å²) in [6, 6.07) is 9.02. The Morgan fingerprint density at radius 2 is 1.94 bits per heavy atom. The van der Waals surface area contributed by atoms with Crippen molar-refractivity contribution in [3.8, 4) is 0 Å². The maximum absolute atomic E-state index is 6.18. The molecule has 1 atom stereocenters. The van der Waals surface area contributed by atoms with Gasteiger partial charge in [0.05, 0.1) is 0 Å². The molecular formula is C14H20N2. The van der Waals surface area contributed by atoms with E-state index in [1.807, 2.05) is 0 Å². The molecular weight excluding hydrogens is 196 g/mol. The molecule has 3 N–H and O–H groups in total. The highest BCUT2D eigenvalue weighted by Crippen LogP contribution is 2.42. The lowest BCUT2D eigenvalue weighted by Crippen LogP contribution is -2.28. The van der Waals surface area contributed by atoms with Crippen LogP contribution in [0.2, 0.25) is 0 Å². The van der Waals surface area contributed by atoms with Gasteiger partial charge in [-0.1, -0.05) is 24.3 Å². The maximum atomic E-state index is 6.18. The second-order valence-corrected chi connectivity index (χ2v) is 5.32. The molecule has 2 aliphatic rings. The Kier molecular flexibility index (Phi) is 2.49. The molecule has 0 aromatic heterocycles. The Balaban J connectivity index is 1.76. The minimum absolute atomic E-state index is 0.0172. The Hall–Kier alpha value is -0.860. The Morgan fingerprint density at radius 3 is 2.50 bits per heavy atom. The van der Waals surface area contributed by atoms with Gasteiger partial charge in [-0.05, 0) is 49.3 Å². The first-order valence-electron chi connectivity index (χ1n) is 6.38. The number of nitrogens with two attached hydrogens (primary N) is 1. The molecule has 1 saturated heterocycles. The van der Waals surface area contributed by atoms with Gasteiger partial charge >= 0.3 is 0 Å². The van der Waals surface area contributed by atoms with Gasteiger partial charge in [0.1, 0.15) is 0 Å². The summed E-state index contributed by atoms with van der Waals surface area (Å²) in [5.74, 6) is 0.704. The second kappa shape index (κ2) is 3.86. The van der Waals surface area contributed by atoms with Crippen molar-refractivity contribution in [3.05, 3.63) is 35.4 Å². The van der Waals surface area contributed by atoms with E-state index in [0.29, 0.717) is 5.92 Å². The molecule has 1 unspecified atom stereocenters. The highest BCUT2D eigenvalue weighted by Gasteiger charge is 2.39. The number of piperidine rings is 1. The third-order valence-electron chi connectivity index (χ3n) is 4.04. The van der Waals surface area contributed by atoms with E-state index >= 15 is 0 Å². The quantitative estimate of drug-likeness (QED) is 0.794. The fourth-order valence-electron chi connectivity index (χ4n) is 2.65. The predicted octanol–water partition coefficient (Wildman–Crippen LogP) is 2.10. The van der Waals surface area contributed by atoms with Gasteiger partial charge in [0, 0.05) is 12.1 Å². The van der Waals surface area contributed by atoms with Gasteiger partial charge in [-0.15, -0.1) is 0 Å². The third-order valence-corrected chi connectivity index (χ3v) is 4.04. The van der Waals surface area contributed by atoms with Gasteiger partial charge in [0.25, 0.3) is 0 Å². The molecule has 1 saturated carbocycles. The van der Waals surface area contributed by atoms with Crippen molar-refractivity contribution in [1.82, 2.24) is 5.32 Å². The van der Waals surface area contributed by atoms with Gasteiger partial charge in [-0.25, -0.2) is 0 Å². The maximum Gasteiger partial charge on any atom is 0.0411 e. The van der Waals surface area contributed by atoms with E-state index in [4.69, 9.17) is 5.73 Å². The minimum atomic E-state index is 0.0172. The van der Waals surface area contributed by atoms with Crippen LogP contribution in [0.1, 0.15) is 42.7 Å². The number of rotatable bonds is 2. The van der Waals surface area contributed by atoms with Crippen LogP contribution >= 0.6 is 0 Å². The fraction of sp³-hybridized carbons (Fsp3) is 0.571. The Labute approximate surface area is 97.2 Å². The van der Waals surface area contributed by atoms with E-state index in [2.05, 4.69) is 29.6 Å². The monoisotopic (exact) mass is 216 g/mol. The summed E-state index contributed by atoms with van der Waals surface area (Å²) < 4.78 is 0. The molecule has 0 spiro atoms. The van der Waals surface area contributed by atoms with Crippen LogP contribution in [0.3, 0.4) is 0 Å². The summed E-state index contributed by atoms with van der Waals surface area (Å²) in [4.78, 5) is 0. The average Bonchev–Trinajstić information content (AvgIpc) is 3.10. The van der Waals surface area contributed by atoms with Crippen LogP contribution in [-0.2, 0) is 5.54 Å². The van der Waals surface area contributed by atoms with Crippen LogP contribution in [0, 0.1) is 0 Å². The van der Waals surface area contributed by atoms with E-state index in [0.717, 1.165) is 19.4 Å². The molecule has 2 nitrogen and oxygen atoms in total. The lowest BCUT2D eigenvalue weighted by atomic mass is 9.90. The van der Waals surface area contributed by atoms with E-state index in [1.54, 1.807) is 0 Å². The largest absolute Gasteiger partial charge is 0.321 e. The minimum Gasteiger partial charge on any atom is -0.321 e. The van der Waals surface area contributed by atoms with Crippen molar-refractivity contribution in [1.29, 1.82) is 0 Å². The molecule has 0 bridgehead atoms. The first-order valence-corrected chi connectivity index (χ1v) is 6.38. The summed E-state index contributed by atoms with van der Waals surface area (Å²) in [6.07, 6.45) is 4.92. The third kappa shape index (κ3) is 1.87. The summed E-state index contributed by atoms with van der Waals surface area (Å²) in [6.45, 7) is 2.31. The summed E-state index contributed by atoms with van der Waals surface area (Å²) >= 11 is 0. The molecule has 0 amide bonds. The predicted molar refractivity (Wildman–Crippen MR) is 66.4 cm³/mol. The molecule has 86 valence electrons. The fourth-order valence-corrected chi connectivity index (χ4v) is 2.65. The molecule has 1 heterocycles. The average molecular weight is 216 g/mol. The SMILES string of the molecule is NC1(c2ccc(C3CCCNC3)cc2)CC1. The summed E-state index contributed by atoms with van der Waals surface area (Å²) in [5.41, 5.74) is 8.99. The van der Waals surface area contributed by atoms with E-state index < -0.39 is 0 Å². The lowest BCUT2D eigenvalue weighted by Gasteiger charge is -2.23. The topological polar surface area (TPSA) is 38.0 Å².